The largest absolute Gasteiger partial charge is 0.360 e. The first-order valence-corrected chi connectivity index (χ1v) is 4.36. The van der Waals surface area contributed by atoms with Crippen molar-refractivity contribution in [3.05, 3.63) is 29.8 Å². The highest BCUT2D eigenvalue weighted by molar-refractivity contribution is 5.82. The topological polar surface area (TPSA) is 50.7 Å². The van der Waals surface area contributed by atoms with Crippen molar-refractivity contribution in [2.45, 2.75) is 6.92 Å². The fourth-order valence-corrected chi connectivity index (χ4v) is 1.51. The van der Waals surface area contributed by atoms with Gasteiger partial charge in [0.15, 0.2) is 6.29 Å². The Labute approximate surface area is 81.6 Å². The number of aryl methyl sites for hydroxylation is 1. The molecule has 0 atom stereocenters. The molecule has 0 aliphatic carbocycles. The average molecular weight is 189 g/mol. The van der Waals surface area contributed by atoms with Crippen molar-refractivity contribution in [1.82, 2.24) is 14.5 Å². The lowest BCUT2D eigenvalue weighted by atomic mass is 10.2. The summed E-state index contributed by atoms with van der Waals surface area (Å²) in [5, 5.41) is 0. The van der Waals surface area contributed by atoms with Crippen LogP contribution < -0.4 is 0 Å². The van der Waals surface area contributed by atoms with Gasteiger partial charge in [-0.15, -0.1) is 0 Å². The van der Waals surface area contributed by atoms with Crippen LogP contribution in [-0.2, 0) is 7.05 Å². The second-order valence-electron chi connectivity index (χ2n) is 3.15. The zero-order chi connectivity index (χ0) is 10.1. The number of aromatic nitrogens is 3. The van der Waals surface area contributed by atoms with Gasteiger partial charge in [-0.25, -0.2) is 4.98 Å². The fourth-order valence-electron chi connectivity index (χ4n) is 1.51. The Hall–Kier alpha value is -1.84. The van der Waals surface area contributed by atoms with Crippen LogP contribution in [0.3, 0.4) is 0 Å². The molecule has 14 heavy (non-hydrogen) atoms. The highest BCUT2D eigenvalue weighted by Crippen LogP contribution is 2.20. The summed E-state index contributed by atoms with van der Waals surface area (Å²) in [6.45, 7) is 1.87. The Morgan fingerprint density at radius 1 is 1.57 bits per heavy atom. The quantitative estimate of drug-likeness (QED) is 0.728. The van der Waals surface area contributed by atoms with Crippen molar-refractivity contribution in [2.24, 2.45) is 7.05 Å². The number of rotatable bonds is 2. The van der Waals surface area contributed by atoms with E-state index in [0.717, 1.165) is 23.5 Å². The molecule has 72 valence electrons. The number of aldehydes is 1. The summed E-state index contributed by atoms with van der Waals surface area (Å²) in [6, 6.07) is 3.82. The molecule has 0 bridgehead atoms. The normalized spacial score (nSPS) is 10.4. The third kappa shape index (κ3) is 1.16. The standard InChI is InChI=1S/C10H11N3O/c1-7-12-9(6-14)10(13(7)2)8-4-3-5-11-8/h3-6,11H,1-2H3. The number of nitrogens with zero attached hydrogens (tertiary/aromatic N) is 2. The van der Waals surface area contributed by atoms with Gasteiger partial charge in [0, 0.05) is 13.2 Å². The van der Waals surface area contributed by atoms with E-state index < -0.39 is 0 Å². The third-order valence-corrected chi connectivity index (χ3v) is 2.31. The number of hydrogen-bond donors (Lipinski definition) is 1. The van der Waals surface area contributed by atoms with Crippen molar-refractivity contribution in [3.63, 3.8) is 0 Å². The van der Waals surface area contributed by atoms with Gasteiger partial charge in [-0.2, -0.15) is 0 Å². The van der Waals surface area contributed by atoms with E-state index in [-0.39, 0.29) is 0 Å². The first-order valence-electron chi connectivity index (χ1n) is 4.36. The number of carbonyl (C=O) groups excluding carboxylic acids is 1. The fraction of sp³-hybridized carbons (Fsp3) is 0.200. The minimum atomic E-state index is 0.479. The summed E-state index contributed by atoms with van der Waals surface area (Å²) < 4.78 is 1.90. The highest BCUT2D eigenvalue weighted by atomic mass is 16.1. The Balaban J connectivity index is 2.67. The molecule has 2 rings (SSSR count). The van der Waals surface area contributed by atoms with Gasteiger partial charge in [-0.3, -0.25) is 4.79 Å². The zero-order valence-electron chi connectivity index (χ0n) is 8.11. The molecule has 0 fully saturated rings. The minimum Gasteiger partial charge on any atom is -0.360 e. The number of nitrogens with one attached hydrogen (secondary N) is 1. The second kappa shape index (κ2) is 3.14. The summed E-state index contributed by atoms with van der Waals surface area (Å²) in [6.07, 6.45) is 2.61. The van der Waals surface area contributed by atoms with Gasteiger partial charge in [0.2, 0.25) is 0 Å². The van der Waals surface area contributed by atoms with Gasteiger partial charge in [-0.1, -0.05) is 0 Å². The van der Waals surface area contributed by atoms with Crippen molar-refractivity contribution in [1.29, 1.82) is 0 Å². The van der Waals surface area contributed by atoms with E-state index in [1.54, 1.807) is 0 Å². The lowest BCUT2D eigenvalue weighted by molar-refractivity contribution is 0.112. The molecule has 0 saturated heterocycles. The molecule has 0 aliphatic heterocycles. The smallest absolute Gasteiger partial charge is 0.170 e. The SMILES string of the molecule is Cc1nc(C=O)c(-c2ccc[nH]2)n1C. The molecule has 2 aromatic heterocycles. The first-order chi connectivity index (χ1) is 6.74. The molecular formula is C10H11N3O. The maximum atomic E-state index is 10.8. The molecule has 0 spiro atoms. The van der Waals surface area contributed by atoms with Crippen LogP contribution in [0.5, 0.6) is 0 Å². The van der Waals surface area contributed by atoms with Crippen LogP contribution in [0.4, 0.5) is 0 Å². The van der Waals surface area contributed by atoms with Crippen LogP contribution in [0.15, 0.2) is 18.3 Å². The summed E-state index contributed by atoms with van der Waals surface area (Å²) in [4.78, 5) is 18.0. The Morgan fingerprint density at radius 2 is 2.36 bits per heavy atom. The maximum Gasteiger partial charge on any atom is 0.170 e. The molecule has 1 N–H and O–H groups in total. The van der Waals surface area contributed by atoms with E-state index >= 15 is 0 Å². The number of imidazole rings is 1. The van der Waals surface area contributed by atoms with Crippen LogP contribution >= 0.6 is 0 Å². The molecule has 0 aliphatic rings. The van der Waals surface area contributed by atoms with Crippen LogP contribution in [0.1, 0.15) is 16.3 Å². The molecule has 0 unspecified atom stereocenters. The number of aromatic amines is 1. The molecule has 4 nitrogen and oxygen atoms in total. The van der Waals surface area contributed by atoms with Gasteiger partial charge in [0.25, 0.3) is 0 Å². The van der Waals surface area contributed by atoms with Crippen LogP contribution in [0, 0.1) is 6.92 Å². The van der Waals surface area contributed by atoms with Crippen LogP contribution in [0.25, 0.3) is 11.4 Å². The molecular weight excluding hydrogens is 178 g/mol. The predicted molar refractivity (Wildman–Crippen MR) is 53.1 cm³/mol. The summed E-state index contributed by atoms with van der Waals surface area (Å²) in [5.74, 6) is 0.830. The van der Waals surface area contributed by atoms with E-state index in [1.807, 2.05) is 36.9 Å². The van der Waals surface area contributed by atoms with Gasteiger partial charge in [0.1, 0.15) is 11.5 Å². The lowest BCUT2D eigenvalue weighted by Gasteiger charge is -2.01. The Bertz CT molecular complexity index is 454. The van der Waals surface area contributed by atoms with E-state index in [9.17, 15) is 4.79 Å². The van der Waals surface area contributed by atoms with Gasteiger partial charge < -0.3 is 9.55 Å². The lowest BCUT2D eigenvalue weighted by Crippen LogP contribution is -1.95. The molecule has 2 aromatic rings. The average Bonchev–Trinajstić information content (AvgIpc) is 2.76. The highest BCUT2D eigenvalue weighted by Gasteiger charge is 2.13. The summed E-state index contributed by atoms with van der Waals surface area (Å²) >= 11 is 0. The number of hydrogen-bond acceptors (Lipinski definition) is 2. The van der Waals surface area contributed by atoms with Crippen LogP contribution in [-0.4, -0.2) is 20.8 Å². The predicted octanol–water partition coefficient (Wildman–Crippen LogP) is 1.54. The van der Waals surface area contributed by atoms with Crippen molar-refractivity contribution in [2.75, 3.05) is 0 Å². The van der Waals surface area contributed by atoms with Gasteiger partial charge in [-0.05, 0) is 19.1 Å². The molecule has 2 heterocycles. The second-order valence-corrected chi connectivity index (χ2v) is 3.15. The molecule has 0 radical (unpaired) electrons. The zero-order valence-corrected chi connectivity index (χ0v) is 8.11. The van der Waals surface area contributed by atoms with E-state index in [4.69, 9.17) is 0 Å². The first kappa shape index (κ1) is 8.74. The minimum absolute atomic E-state index is 0.479. The molecule has 4 heteroatoms. The maximum absolute atomic E-state index is 10.8. The summed E-state index contributed by atoms with van der Waals surface area (Å²) in [5.41, 5.74) is 2.23. The van der Waals surface area contributed by atoms with E-state index in [1.165, 1.54) is 0 Å². The number of carbonyl (C=O) groups is 1. The van der Waals surface area contributed by atoms with E-state index in [0.29, 0.717) is 5.69 Å². The molecule has 0 saturated carbocycles. The van der Waals surface area contributed by atoms with Crippen LogP contribution in [0.2, 0.25) is 0 Å². The third-order valence-electron chi connectivity index (χ3n) is 2.31. The monoisotopic (exact) mass is 189 g/mol. The van der Waals surface area contributed by atoms with E-state index in [2.05, 4.69) is 9.97 Å². The van der Waals surface area contributed by atoms with Gasteiger partial charge >= 0.3 is 0 Å². The Kier molecular flexibility index (Phi) is 1.96. The van der Waals surface area contributed by atoms with Gasteiger partial charge in [0.05, 0.1) is 11.4 Å². The number of H-pyrrole nitrogens is 1. The Morgan fingerprint density at radius 3 is 2.93 bits per heavy atom. The summed E-state index contributed by atoms with van der Waals surface area (Å²) in [7, 11) is 1.89. The van der Waals surface area contributed by atoms with Crippen molar-refractivity contribution in [3.8, 4) is 11.4 Å². The van der Waals surface area contributed by atoms with Crippen molar-refractivity contribution >= 4 is 6.29 Å². The molecule has 0 amide bonds. The molecule has 0 aromatic carbocycles. The van der Waals surface area contributed by atoms with Crippen molar-refractivity contribution < 1.29 is 4.79 Å².